The fourth-order valence-corrected chi connectivity index (χ4v) is 2.64. The molecule has 0 heterocycles. The largest absolute Gasteiger partial charge is 0.329 e. The first-order chi connectivity index (χ1) is 8.24. The molecule has 0 aliphatic rings. The van der Waals surface area contributed by atoms with Crippen molar-refractivity contribution in [2.24, 2.45) is 11.7 Å². The van der Waals surface area contributed by atoms with E-state index >= 15 is 0 Å². The highest BCUT2D eigenvalue weighted by atomic mass is 15.2. The third-order valence-corrected chi connectivity index (χ3v) is 3.90. The van der Waals surface area contributed by atoms with Crippen molar-refractivity contribution in [2.75, 3.05) is 19.6 Å². The minimum Gasteiger partial charge on any atom is -0.329 e. The first-order valence-corrected chi connectivity index (χ1v) is 7.69. The standard InChI is InChI=1S/C15H34N2/c1-5-9-11-17(12-10-6-2)15(13-16)14(7-3)8-4/h14-15H,5-13,16H2,1-4H3. The lowest BCUT2D eigenvalue weighted by Crippen LogP contribution is -2.46. The van der Waals surface area contributed by atoms with E-state index in [1.807, 2.05) is 0 Å². The maximum Gasteiger partial charge on any atom is 0.0246 e. The molecule has 0 saturated carbocycles. The molecule has 1 unspecified atom stereocenters. The summed E-state index contributed by atoms with van der Waals surface area (Å²) in [5.41, 5.74) is 6.03. The molecule has 2 heteroatoms. The van der Waals surface area contributed by atoms with Crippen LogP contribution in [0.25, 0.3) is 0 Å². The highest BCUT2D eigenvalue weighted by molar-refractivity contribution is 4.79. The summed E-state index contributed by atoms with van der Waals surface area (Å²) in [5, 5.41) is 0. The zero-order valence-electron chi connectivity index (χ0n) is 12.5. The Labute approximate surface area is 109 Å². The van der Waals surface area contributed by atoms with Gasteiger partial charge in [0.15, 0.2) is 0 Å². The summed E-state index contributed by atoms with van der Waals surface area (Å²) in [6.07, 6.45) is 7.69. The van der Waals surface area contributed by atoms with Crippen molar-refractivity contribution < 1.29 is 0 Å². The lowest BCUT2D eigenvalue weighted by atomic mass is 9.92. The first-order valence-electron chi connectivity index (χ1n) is 7.69. The number of rotatable bonds is 11. The van der Waals surface area contributed by atoms with Gasteiger partial charge in [-0.1, -0.05) is 53.4 Å². The van der Waals surface area contributed by atoms with Crippen LogP contribution in [0.1, 0.15) is 66.2 Å². The number of unbranched alkanes of at least 4 members (excludes halogenated alkanes) is 2. The Morgan fingerprint density at radius 2 is 1.35 bits per heavy atom. The van der Waals surface area contributed by atoms with Gasteiger partial charge in [-0.05, 0) is 31.8 Å². The SMILES string of the molecule is CCCCN(CCCC)C(CN)C(CC)CC. The molecule has 0 aromatic heterocycles. The number of hydrogen-bond donors (Lipinski definition) is 1. The Morgan fingerprint density at radius 3 is 1.65 bits per heavy atom. The number of nitrogens with two attached hydrogens (primary N) is 1. The van der Waals surface area contributed by atoms with Crippen LogP contribution in [0.5, 0.6) is 0 Å². The molecule has 0 rings (SSSR count). The van der Waals surface area contributed by atoms with Gasteiger partial charge in [0.25, 0.3) is 0 Å². The van der Waals surface area contributed by atoms with Gasteiger partial charge >= 0.3 is 0 Å². The van der Waals surface area contributed by atoms with E-state index in [1.54, 1.807) is 0 Å². The summed E-state index contributed by atoms with van der Waals surface area (Å²) in [4.78, 5) is 2.66. The number of hydrogen-bond acceptors (Lipinski definition) is 2. The van der Waals surface area contributed by atoms with Crippen LogP contribution < -0.4 is 5.73 Å². The van der Waals surface area contributed by atoms with Crippen molar-refractivity contribution in [3.63, 3.8) is 0 Å². The highest BCUT2D eigenvalue weighted by Gasteiger charge is 2.23. The molecule has 2 N–H and O–H groups in total. The molecule has 0 aliphatic carbocycles. The molecule has 1 atom stereocenters. The molecule has 0 radical (unpaired) electrons. The van der Waals surface area contributed by atoms with Crippen LogP contribution in [-0.2, 0) is 0 Å². The summed E-state index contributed by atoms with van der Waals surface area (Å²) < 4.78 is 0. The zero-order valence-corrected chi connectivity index (χ0v) is 12.5. The fourth-order valence-electron chi connectivity index (χ4n) is 2.64. The van der Waals surface area contributed by atoms with Gasteiger partial charge in [0.05, 0.1) is 0 Å². The number of nitrogens with zero attached hydrogens (tertiary/aromatic N) is 1. The van der Waals surface area contributed by atoms with Gasteiger partial charge in [0, 0.05) is 12.6 Å². The summed E-state index contributed by atoms with van der Waals surface area (Å²) in [6, 6.07) is 0.600. The molecular formula is C15H34N2. The van der Waals surface area contributed by atoms with E-state index in [2.05, 4.69) is 32.6 Å². The van der Waals surface area contributed by atoms with Gasteiger partial charge in [-0.25, -0.2) is 0 Å². The van der Waals surface area contributed by atoms with E-state index in [0.29, 0.717) is 6.04 Å². The van der Waals surface area contributed by atoms with Gasteiger partial charge in [-0.15, -0.1) is 0 Å². The Kier molecular flexibility index (Phi) is 11.0. The molecule has 2 nitrogen and oxygen atoms in total. The van der Waals surface area contributed by atoms with Crippen molar-refractivity contribution in [1.29, 1.82) is 0 Å². The molecule has 0 aromatic carbocycles. The van der Waals surface area contributed by atoms with Crippen LogP contribution >= 0.6 is 0 Å². The molecule has 0 bridgehead atoms. The smallest absolute Gasteiger partial charge is 0.0246 e. The second kappa shape index (κ2) is 11.0. The summed E-state index contributed by atoms with van der Waals surface area (Å²) in [6.45, 7) is 12.4. The average Bonchev–Trinajstić information content (AvgIpc) is 2.37. The van der Waals surface area contributed by atoms with Gasteiger partial charge < -0.3 is 5.73 Å². The average molecular weight is 242 g/mol. The highest BCUT2D eigenvalue weighted by Crippen LogP contribution is 2.19. The van der Waals surface area contributed by atoms with Gasteiger partial charge in [0.1, 0.15) is 0 Å². The molecule has 0 fully saturated rings. The summed E-state index contributed by atoms with van der Waals surface area (Å²) >= 11 is 0. The van der Waals surface area contributed by atoms with Crippen LogP contribution in [0.3, 0.4) is 0 Å². The molecule has 0 saturated heterocycles. The topological polar surface area (TPSA) is 29.3 Å². The predicted octanol–water partition coefficient (Wildman–Crippen LogP) is 3.65. The van der Waals surface area contributed by atoms with Crippen molar-refractivity contribution in [1.82, 2.24) is 4.90 Å². The van der Waals surface area contributed by atoms with Crippen LogP contribution in [0.15, 0.2) is 0 Å². The maximum absolute atomic E-state index is 6.03. The predicted molar refractivity (Wildman–Crippen MR) is 78.3 cm³/mol. The zero-order chi connectivity index (χ0) is 13.1. The lowest BCUT2D eigenvalue weighted by Gasteiger charge is -2.36. The third kappa shape index (κ3) is 6.42. The van der Waals surface area contributed by atoms with Crippen LogP contribution in [0.4, 0.5) is 0 Å². The van der Waals surface area contributed by atoms with E-state index in [4.69, 9.17) is 5.73 Å². The Morgan fingerprint density at radius 1 is 0.882 bits per heavy atom. The normalized spacial score (nSPS) is 13.6. The van der Waals surface area contributed by atoms with Gasteiger partial charge in [-0.2, -0.15) is 0 Å². The molecule has 0 aromatic rings. The molecule has 0 spiro atoms. The second-order valence-corrected chi connectivity index (χ2v) is 5.12. The minimum absolute atomic E-state index is 0.600. The van der Waals surface area contributed by atoms with Crippen molar-refractivity contribution in [2.45, 2.75) is 72.3 Å². The van der Waals surface area contributed by atoms with E-state index in [1.165, 1.54) is 51.6 Å². The molecule has 0 amide bonds. The monoisotopic (exact) mass is 242 g/mol. The molecule has 17 heavy (non-hydrogen) atoms. The maximum atomic E-state index is 6.03. The van der Waals surface area contributed by atoms with Crippen molar-refractivity contribution >= 4 is 0 Å². The molecule has 104 valence electrons. The van der Waals surface area contributed by atoms with Crippen LogP contribution in [0.2, 0.25) is 0 Å². The first kappa shape index (κ1) is 16.9. The Balaban J connectivity index is 4.45. The second-order valence-electron chi connectivity index (χ2n) is 5.12. The van der Waals surface area contributed by atoms with E-state index in [0.717, 1.165) is 12.5 Å². The van der Waals surface area contributed by atoms with E-state index < -0.39 is 0 Å². The summed E-state index contributed by atoms with van der Waals surface area (Å²) in [7, 11) is 0. The van der Waals surface area contributed by atoms with E-state index in [-0.39, 0.29) is 0 Å². The summed E-state index contributed by atoms with van der Waals surface area (Å²) in [5.74, 6) is 0.772. The quantitative estimate of drug-likeness (QED) is 0.599. The third-order valence-electron chi connectivity index (χ3n) is 3.90. The molecular weight excluding hydrogens is 208 g/mol. The fraction of sp³-hybridized carbons (Fsp3) is 1.00. The minimum atomic E-state index is 0.600. The Hall–Kier alpha value is -0.0800. The van der Waals surface area contributed by atoms with Crippen LogP contribution in [-0.4, -0.2) is 30.6 Å². The van der Waals surface area contributed by atoms with Crippen molar-refractivity contribution in [3.8, 4) is 0 Å². The van der Waals surface area contributed by atoms with E-state index in [9.17, 15) is 0 Å². The van der Waals surface area contributed by atoms with Gasteiger partial charge in [0.2, 0.25) is 0 Å². The molecule has 0 aliphatic heterocycles. The lowest BCUT2D eigenvalue weighted by molar-refractivity contribution is 0.135. The van der Waals surface area contributed by atoms with Crippen LogP contribution in [0, 0.1) is 5.92 Å². The van der Waals surface area contributed by atoms with Gasteiger partial charge in [-0.3, -0.25) is 4.90 Å². The van der Waals surface area contributed by atoms with Crippen molar-refractivity contribution in [3.05, 3.63) is 0 Å². The Bertz CT molecular complexity index is 147.